The minimum Gasteiger partial charge on any atom is -0.489 e. The summed E-state index contributed by atoms with van der Waals surface area (Å²) in [5.41, 5.74) is 4.42. The maximum Gasteiger partial charge on any atom is 0.418 e. The summed E-state index contributed by atoms with van der Waals surface area (Å²) < 4.78 is 41.2. The third-order valence-electron chi connectivity index (χ3n) is 7.65. The highest BCUT2D eigenvalue weighted by molar-refractivity contribution is 7.80. The summed E-state index contributed by atoms with van der Waals surface area (Å²) >= 11 is 0.961. The van der Waals surface area contributed by atoms with E-state index >= 15 is 0 Å². The average Bonchev–Trinajstić information content (AvgIpc) is 3.58. The zero-order chi connectivity index (χ0) is 35.0. The Kier molecular flexibility index (Phi) is 9.48. The number of pyridine rings is 1. The molecule has 0 unspecified atom stereocenters. The number of anilines is 2. The van der Waals surface area contributed by atoms with Crippen molar-refractivity contribution in [3.05, 3.63) is 41.4 Å². The first-order valence-corrected chi connectivity index (χ1v) is 16.7. The molecule has 2 fully saturated rings. The Morgan fingerprint density at radius 3 is 2.58 bits per heavy atom. The number of β-lactam (4-membered cyclic amide) rings is 1. The smallest absolute Gasteiger partial charge is 0.418 e. The first-order chi connectivity index (χ1) is 22.4. The van der Waals surface area contributed by atoms with Crippen LogP contribution in [0.1, 0.15) is 39.8 Å². The van der Waals surface area contributed by atoms with Gasteiger partial charge >= 0.3 is 16.4 Å². The molecule has 1 aromatic carbocycles. The molecule has 3 aromatic rings. The number of fused-ring (bicyclic) bond motifs is 1. The Balaban J connectivity index is 1.26. The van der Waals surface area contributed by atoms with Crippen LogP contribution in [0.5, 0.6) is 5.75 Å². The van der Waals surface area contributed by atoms with E-state index < -0.39 is 58.2 Å². The van der Waals surface area contributed by atoms with Crippen LogP contribution in [0.25, 0.3) is 10.9 Å². The van der Waals surface area contributed by atoms with Gasteiger partial charge in [-0.2, -0.15) is 13.5 Å². The van der Waals surface area contributed by atoms with E-state index in [2.05, 4.69) is 49.2 Å². The molecular formula is C28H34N8O10S2. The van der Waals surface area contributed by atoms with Crippen molar-refractivity contribution >= 4 is 67.1 Å². The molecule has 2 aliphatic heterocycles. The van der Waals surface area contributed by atoms with E-state index in [4.69, 9.17) is 19.9 Å². The number of hydrogen-bond acceptors (Lipinski definition) is 15. The molecule has 48 heavy (non-hydrogen) atoms. The van der Waals surface area contributed by atoms with Crippen LogP contribution < -0.4 is 26.4 Å². The fourth-order valence-electron chi connectivity index (χ4n) is 5.20. The summed E-state index contributed by atoms with van der Waals surface area (Å²) in [6.45, 7) is 7.34. The van der Waals surface area contributed by atoms with Gasteiger partial charge in [-0.15, -0.1) is 15.6 Å². The maximum absolute atomic E-state index is 13.2. The number of benzene rings is 1. The van der Waals surface area contributed by atoms with Gasteiger partial charge < -0.3 is 36.4 Å². The third kappa shape index (κ3) is 7.90. The summed E-state index contributed by atoms with van der Waals surface area (Å²) in [6, 6.07) is 7.70. The molecule has 2 amide bonds. The SMILES string of the molecule is CC1(C)C[C@H](Nc2ccc3cc(OC[C@H](O/N=C(\C(=O)N[C@@H]4C(=O)N(OS(=O)(=O)O)C4(C)C)c4csc(N)n4)C(=O)O)ccc3n2)CN1. The van der Waals surface area contributed by atoms with Crippen molar-refractivity contribution < 1.29 is 46.3 Å². The molecule has 3 atom stereocenters. The lowest BCUT2D eigenvalue weighted by atomic mass is 9.84. The van der Waals surface area contributed by atoms with E-state index in [-0.39, 0.29) is 22.4 Å². The van der Waals surface area contributed by atoms with Gasteiger partial charge in [-0.3, -0.25) is 14.1 Å². The standard InChI is InChI=1S/C28H34N8O10S2/c1-27(2)10-15(11-30-27)31-20-8-5-14-9-16(6-7-17(14)32-20)44-12-19(25(39)40)45-35-21(18-13-47-26(29)33-18)23(37)34-22-24(38)36(28(22,3)4)46-48(41,42)43/h5-9,13,15,19,22,30H,10-12H2,1-4H3,(H2,29,33)(H,31,32)(H,34,37)(H,39,40)(H,41,42,43)/b35-21-/t15-,19-,22+/m0/s1. The number of nitrogens with one attached hydrogen (secondary N) is 3. The number of nitrogens with two attached hydrogens (primary N) is 1. The average molecular weight is 707 g/mol. The van der Waals surface area contributed by atoms with Crippen LogP contribution in [0.3, 0.4) is 0 Å². The number of ether oxygens (including phenoxy) is 1. The van der Waals surface area contributed by atoms with Crippen LogP contribution in [0.2, 0.25) is 0 Å². The van der Waals surface area contributed by atoms with Crippen molar-refractivity contribution in [1.82, 2.24) is 25.7 Å². The summed E-state index contributed by atoms with van der Waals surface area (Å²) in [5, 5.41) is 25.3. The van der Waals surface area contributed by atoms with Crippen LogP contribution in [0, 0.1) is 0 Å². The highest BCUT2D eigenvalue weighted by Crippen LogP contribution is 2.33. The molecule has 20 heteroatoms. The van der Waals surface area contributed by atoms with Gasteiger partial charge in [-0.05, 0) is 64.4 Å². The number of oxime groups is 1. The van der Waals surface area contributed by atoms with E-state index in [1.165, 1.54) is 19.2 Å². The van der Waals surface area contributed by atoms with E-state index in [9.17, 15) is 27.9 Å². The molecule has 2 saturated heterocycles. The van der Waals surface area contributed by atoms with E-state index in [1.807, 2.05) is 12.1 Å². The molecular weight excluding hydrogens is 672 g/mol. The van der Waals surface area contributed by atoms with Gasteiger partial charge in [0.15, 0.2) is 10.8 Å². The Hall–Kier alpha value is -4.63. The number of nitrogen functional groups attached to an aromatic ring is 1. The lowest BCUT2D eigenvalue weighted by molar-refractivity contribution is -0.218. The van der Waals surface area contributed by atoms with Gasteiger partial charge in [0.05, 0.1) is 11.1 Å². The predicted octanol–water partition coefficient (Wildman–Crippen LogP) is 0.919. The number of carbonyl (C=O) groups excluding carboxylic acids is 2. The molecule has 0 saturated carbocycles. The van der Waals surface area contributed by atoms with Crippen LogP contribution in [-0.2, 0) is 33.9 Å². The molecule has 0 aliphatic carbocycles. The van der Waals surface area contributed by atoms with Crippen LogP contribution in [0.4, 0.5) is 10.9 Å². The van der Waals surface area contributed by atoms with Crippen molar-refractivity contribution in [3.8, 4) is 5.75 Å². The first-order valence-electron chi connectivity index (χ1n) is 14.5. The molecule has 4 heterocycles. The quantitative estimate of drug-likeness (QED) is 0.0625. The Bertz CT molecular complexity index is 1880. The number of thiazole rings is 1. The summed E-state index contributed by atoms with van der Waals surface area (Å²) in [6.07, 6.45) is -0.735. The van der Waals surface area contributed by atoms with Crippen LogP contribution in [-0.4, -0.2) is 99.0 Å². The molecule has 5 rings (SSSR count). The largest absolute Gasteiger partial charge is 0.489 e. The number of aromatic nitrogens is 2. The Morgan fingerprint density at radius 2 is 1.98 bits per heavy atom. The van der Waals surface area contributed by atoms with Gasteiger partial charge in [-0.1, -0.05) is 5.16 Å². The number of hydroxylamine groups is 2. The van der Waals surface area contributed by atoms with Gasteiger partial charge in [0.1, 0.15) is 29.9 Å². The van der Waals surface area contributed by atoms with Crippen molar-refractivity contribution in [2.45, 2.75) is 63.4 Å². The van der Waals surface area contributed by atoms with Gasteiger partial charge in [0, 0.05) is 28.9 Å². The van der Waals surface area contributed by atoms with Gasteiger partial charge in [0.2, 0.25) is 0 Å². The summed E-state index contributed by atoms with van der Waals surface area (Å²) in [5.74, 6) is -2.40. The highest BCUT2D eigenvalue weighted by atomic mass is 32.3. The minimum absolute atomic E-state index is 0.0500. The fourth-order valence-corrected chi connectivity index (χ4v) is 6.20. The molecule has 0 bridgehead atoms. The molecule has 0 radical (unpaired) electrons. The van der Waals surface area contributed by atoms with E-state index in [0.29, 0.717) is 16.3 Å². The number of rotatable bonds is 13. The molecule has 258 valence electrons. The minimum atomic E-state index is -5.02. The van der Waals surface area contributed by atoms with Crippen LogP contribution >= 0.6 is 11.3 Å². The Morgan fingerprint density at radius 1 is 1.23 bits per heavy atom. The number of amides is 2. The third-order valence-corrected chi connectivity index (χ3v) is 8.66. The number of carbonyl (C=O) groups is 3. The second-order valence-corrected chi connectivity index (χ2v) is 14.2. The van der Waals surface area contributed by atoms with Gasteiger partial charge in [-0.25, -0.2) is 14.8 Å². The lowest BCUT2D eigenvalue weighted by Crippen LogP contribution is -2.76. The Labute approximate surface area is 278 Å². The molecule has 2 aromatic heterocycles. The normalized spacial score (nSPS) is 21.0. The number of nitrogens with zero attached hydrogens (tertiary/aromatic N) is 4. The second-order valence-electron chi connectivity index (χ2n) is 12.3. The van der Waals surface area contributed by atoms with Crippen molar-refractivity contribution in [2.24, 2.45) is 5.16 Å². The molecule has 18 nitrogen and oxygen atoms in total. The maximum atomic E-state index is 13.2. The lowest BCUT2D eigenvalue weighted by Gasteiger charge is -2.50. The van der Waals surface area contributed by atoms with Crippen molar-refractivity contribution in [1.29, 1.82) is 0 Å². The number of aliphatic carboxylic acids is 1. The fraction of sp³-hybridized carbons (Fsp3) is 0.429. The van der Waals surface area contributed by atoms with Crippen molar-refractivity contribution in [3.63, 3.8) is 0 Å². The van der Waals surface area contributed by atoms with Crippen LogP contribution in [0.15, 0.2) is 40.9 Å². The highest BCUT2D eigenvalue weighted by Gasteiger charge is 2.58. The first kappa shape index (κ1) is 34.7. The molecule has 7 N–H and O–H groups in total. The topological polar surface area (TPSA) is 257 Å². The number of carboxylic acids is 1. The summed E-state index contributed by atoms with van der Waals surface area (Å²) in [7, 11) is -5.02. The zero-order valence-corrected chi connectivity index (χ0v) is 27.8. The van der Waals surface area contributed by atoms with E-state index in [1.54, 1.807) is 18.2 Å². The number of hydrogen-bond donors (Lipinski definition) is 6. The second kappa shape index (κ2) is 13.1. The zero-order valence-electron chi connectivity index (χ0n) is 26.2. The number of carboxylic acid groups (broad SMARTS) is 1. The monoisotopic (exact) mass is 706 g/mol. The summed E-state index contributed by atoms with van der Waals surface area (Å²) in [4.78, 5) is 51.7. The molecule has 2 aliphatic rings. The van der Waals surface area contributed by atoms with Crippen molar-refractivity contribution in [2.75, 3.05) is 24.2 Å². The predicted molar refractivity (Wildman–Crippen MR) is 172 cm³/mol. The van der Waals surface area contributed by atoms with E-state index in [0.717, 1.165) is 35.5 Å². The van der Waals surface area contributed by atoms with Gasteiger partial charge in [0.25, 0.3) is 17.9 Å². The molecule has 0 spiro atoms.